The first-order valence-corrected chi connectivity index (χ1v) is 5.78. The molecule has 0 spiro atoms. The molecule has 1 atom stereocenters. The number of nitrogens with zero attached hydrogens (tertiary/aromatic N) is 1. The highest BCUT2D eigenvalue weighted by atomic mass is 19.1. The van der Waals surface area contributed by atoms with Crippen molar-refractivity contribution in [2.75, 3.05) is 6.86 Å². The van der Waals surface area contributed by atoms with Gasteiger partial charge in [-0.15, -0.1) is 0 Å². The van der Waals surface area contributed by atoms with Crippen molar-refractivity contribution in [3.63, 3.8) is 0 Å². The van der Waals surface area contributed by atoms with E-state index in [1.807, 2.05) is 19.1 Å². The van der Waals surface area contributed by atoms with Crippen LogP contribution < -0.4 is 10.5 Å². The average Bonchev–Trinajstić information content (AvgIpc) is 2.41. The second kappa shape index (κ2) is 5.75. The van der Waals surface area contributed by atoms with Crippen LogP contribution in [0.4, 0.5) is 8.78 Å². The number of benzene rings is 1. The van der Waals surface area contributed by atoms with Crippen molar-refractivity contribution in [3.8, 4) is 5.75 Å². The van der Waals surface area contributed by atoms with Crippen molar-refractivity contribution in [3.05, 3.63) is 59.2 Å². The predicted molar refractivity (Wildman–Crippen MR) is 68.0 cm³/mol. The van der Waals surface area contributed by atoms with E-state index in [9.17, 15) is 8.78 Å². The van der Waals surface area contributed by atoms with Crippen LogP contribution in [-0.2, 0) is 0 Å². The summed E-state index contributed by atoms with van der Waals surface area (Å²) < 4.78 is 30.2. The molecule has 1 aromatic heterocycles. The lowest BCUT2D eigenvalue weighted by molar-refractivity contribution is 0.184. The van der Waals surface area contributed by atoms with Crippen molar-refractivity contribution in [1.29, 1.82) is 0 Å². The lowest BCUT2D eigenvalue weighted by Gasteiger charge is -2.14. The molecule has 0 saturated heterocycles. The molecule has 3 nitrogen and oxygen atoms in total. The van der Waals surface area contributed by atoms with E-state index in [1.54, 1.807) is 12.3 Å². The van der Waals surface area contributed by atoms with Gasteiger partial charge in [0.2, 0.25) is 6.86 Å². The van der Waals surface area contributed by atoms with Crippen LogP contribution in [0.3, 0.4) is 0 Å². The Morgan fingerprint density at radius 2 is 2.16 bits per heavy atom. The molecule has 100 valence electrons. The van der Waals surface area contributed by atoms with Crippen LogP contribution in [0.25, 0.3) is 0 Å². The smallest absolute Gasteiger partial charge is 0.228 e. The largest absolute Gasteiger partial charge is 0.460 e. The Kier molecular flexibility index (Phi) is 4.06. The van der Waals surface area contributed by atoms with Gasteiger partial charge in [0.25, 0.3) is 0 Å². The summed E-state index contributed by atoms with van der Waals surface area (Å²) >= 11 is 0. The number of hydrogen-bond donors (Lipinski definition) is 1. The number of hydrogen-bond acceptors (Lipinski definition) is 3. The number of rotatable bonds is 4. The molecule has 1 heterocycles. The molecule has 0 radical (unpaired) electrons. The summed E-state index contributed by atoms with van der Waals surface area (Å²) in [5.41, 5.74) is 8.24. The standard InChI is InChI=1S/C14H14F2N2O/c1-9-3-2-6-18-14(9)13(17)10-4-5-12(19-8-15)11(16)7-10/h2-7,13H,8,17H2,1H3/t13-/m0/s1. The lowest BCUT2D eigenvalue weighted by Crippen LogP contribution is -2.15. The highest BCUT2D eigenvalue weighted by Gasteiger charge is 2.15. The Hall–Kier alpha value is -2.01. The molecule has 5 heteroatoms. The SMILES string of the molecule is Cc1cccnc1[C@@H](N)c1ccc(OCF)c(F)c1. The zero-order chi connectivity index (χ0) is 13.8. The van der Waals surface area contributed by atoms with E-state index in [0.717, 1.165) is 5.56 Å². The first-order chi connectivity index (χ1) is 9.13. The van der Waals surface area contributed by atoms with Gasteiger partial charge in [0, 0.05) is 6.20 Å². The van der Waals surface area contributed by atoms with E-state index in [2.05, 4.69) is 9.72 Å². The van der Waals surface area contributed by atoms with Gasteiger partial charge in [-0.2, -0.15) is 0 Å². The van der Waals surface area contributed by atoms with Crippen LogP contribution in [0.1, 0.15) is 22.9 Å². The zero-order valence-corrected chi connectivity index (χ0v) is 10.4. The number of aryl methyl sites for hydroxylation is 1. The van der Waals surface area contributed by atoms with Crippen molar-refractivity contribution in [2.45, 2.75) is 13.0 Å². The second-order valence-electron chi connectivity index (χ2n) is 4.13. The summed E-state index contributed by atoms with van der Waals surface area (Å²) in [7, 11) is 0. The van der Waals surface area contributed by atoms with Gasteiger partial charge in [0.15, 0.2) is 11.6 Å². The fraction of sp³-hybridized carbons (Fsp3) is 0.214. The number of ether oxygens (including phenoxy) is 1. The Morgan fingerprint density at radius 1 is 1.37 bits per heavy atom. The van der Waals surface area contributed by atoms with Crippen LogP contribution in [0.5, 0.6) is 5.75 Å². The Morgan fingerprint density at radius 3 is 2.79 bits per heavy atom. The number of nitrogens with two attached hydrogens (primary N) is 1. The summed E-state index contributed by atoms with van der Waals surface area (Å²) in [5.74, 6) is -0.768. The maximum atomic E-state index is 13.6. The summed E-state index contributed by atoms with van der Waals surface area (Å²) in [4.78, 5) is 4.20. The Labute approximate surface area is 110 Å². The molecule has 0 bridgehead atoms. The van der Waals surface area contributed by atoms with Gasteiger partial charge in [-0.3, -0.25) is 4.98 Å². The highest BCUT2D eigenvalue weighted by molar-refractivity contribution is 5.36. The van der Waals surface area contributed by atoms with E-state index >= 15 is 0 Å². The molecule has 2 aromatic rings. The molecule has 0 aliphatic rings. The molecule has 1 aromatic carbocycles. The molecule has 2 rings (SSSR count). The van der Waals surface area contributed by atoms with Gasteiger partial charge >= 0.3 is 0 Å². The van der Waals surface area contributed by atoms with E-state index in [4.69, 9.17) is 5.73 Å². The minimum absolute atomic E-state index is 0.129. The maximum Gasteiger partial charge on any atom is 0.228 e. The molecule has 0 amide bonds. The molecular weight excluding hydrogens is 250 g/mol. The first-order valence-electron chi connectivity index (χ1n) is 5.78. The number of aromatic nitrogens is 1. The van der Waals surface area contributed by atoms with Gasteiger partial charge in [-0.25, -0.2) is 8.78 Å². The Balaban J connectivity index is 2.32. The monoisotopic (exact) mass is 264 g/mol. The van der Waals surface area contributed by atoms with Crippen LogP contribution in [-0.4, -0.2) is 11.8 Å². The number of alkyl halides is 1. The average molecular weight is 264 g/mol. The minimum Gasteiger partial charge on any atom is -0.460 e. The maximum absolute atomic E-state index is 13.6. The fourth-order valence-electron chi connectivity index (χ4n) is 1.87. The summed E-state index contributed by atoms with van der Waals surface area (Å²) in [5, 5.41) is 0. The minimum atomic E-state index is -1.07. The number of halogens is 2. The third-order valence-corrected chi connectivity index (χ3v) is 2.87. The molecule has 2 N–H and O–H groups in total. The van der Waals surface area contributed by atoms with E-state index in [-0.39, 0.29) is 5.75 Å². The van der Waals surface area contributed by atoms with Crippen molar-refractivity contribution in [2.24, 2.45) is 5.73 Å². The fourth-order valence-corrected chi connectivity index (χ4v) is 1.87. The van der Waals surface area contributed by atoms with Crippen LogP contribution in [0.2, 0.25) is 0 Å². The third-order valence-electron chi connectivity index (χ3n) is 2.87. The summed E-state index contributed by atoms with van der Waals surface area (Å²) in [6, 6.07) is 7.37. The first kappa shape index (κ1) is 13.4. The highest BCUT2D eigenvalue weighted by Crippen LogP contribution is 2.25. The molecular formula is C14H14F2N2O. The molecule has 0 fully saturated rings. The topological polar surface area (TPSA) is 48.1 Å². The molecule has 19 heavy (non-hydrogen) atoms. The zero-order valence-electron chi connectivity index (χ0n) is 10.4. The van der Waals surface area contributed by atoms with E-state index in [1.165, 1.54) is 12.1 Å². The third kappa shape index (κ3) is 2.88. The predicted octanol–water partition coefficient (Wildman–Crippen LogP) is 2.88. The Bertz CT molecular complexity index is 575. The summed E-state index contributed by atoms with van der Waals surface area (Å²) in [6.07, 6.45) is 1.64. The summed E-state index contributed by atoms with van der Waals surface area (Å²) in [6.45, 7) is 0.820. The number of pyridine rings is 1. The quantitative estimate of drug-likeness (QED) is 0.923. The molecule has 0 unspecified atom stereocenters. The van der Waals surface area contributed by atoms with Crippen molar-refractivity contribution < 1.29 is 13.5 Å². The second-order valence-corrected chi connectivity index (χ2v) is 4.13. The van der Waals surface area contributed by atoms with Crippen LogP contribution in [0.15, 0.2) is 36.5 Å². The molecule has 0 aliphatic carbocycles. The van der Waals surface area contributed by atoms with Gasteiger partial charge in [-0.1, -0.05) is 12.1 Å². The normalized spacial score (nSPS) is 12.2. The molecule has 0 saturated carbocycles. The van der Waals surface area contributed by atoms with Crippen molar-refractivity contribution in [1.82, 2.24) is 4.98 Å². The van der Waals surface area contributed by atoms with Crippen LogP contribution in [0, 0.1) is 12.7 Å². The van der Waals surface area contributed by atoms with Crippen LogP contribution >= 0.6 is 0 Å². The van der Waals surface area contributed by atoms with E-state index < -0.39 is 18.7 Å². The van der Waals surface area contributed by atoms with Gasteiger partial charge in [0.05, 0.1) is 11.7 Å². The van der Waals surface area contributed by atoms with Gasteiger partial charge in [0.1, 0.15) is 0 Å². The van der Waals surface area contributed by atoms with Crippen molar-refractivity contribution >= 4 is 0 Å². The van der Waals surface area contributed by atoms with Gasteiger partial charge in [-0.05, 0) is 36.2 Å². The molecule has 0 aliphatic heterocycles. The van der Waals surface area contributed by atoms with E-state index in [0.29, 0.717) is 11.3 Å². The lowest BCUT2D eigenvalue weighted by atomic mass is 10.0. The van der Waals surface area contributed by atoms with Gasteiger partial charge < -0.3 is 10.5 Å².